The first-order valence-corrected chi connectivity index (χ1v) is 6.79. The van der Waals surface area contributed by atoms with Gasteiger partial charge in [-0.3, -0.25) is 9.59 Å². The second kappa shape index (κ2) is 5.99. The number of thiophene rings is 1. The number of carbonyl (C=O) groups is 2. The maximum absolute atomic E-state index is 11.7. The third-order valence-corrected chi connectivity index (χ3v) is 4.00. The molecular formula is C13H15NO4S. The number of hydrogen-bond donors (Lipinski definition) is 2. The fourth-order valence-corrected chi connectivity index (χ4v) is 2.70. The van der Waals surface area contributed by atoms with Gasteiger partial charge in [-0.1, -0.05) is 0 Å². The van der Waals surface area contributed by atoms with Gasteiger partial charge in [0.2, 0.25) is 5.91 Å². The number of ether oxygens (including phenoxy) is 1. The van der Waals surface area contributed by atoms with E-state index in [2.05, 4.69) is 5.32 Å². The van der Waals surface area contributed by atoms with Crippen LogP contribution in [0.25, 0.3) is 6.08 Å². The summed E-state index contributed by atoms with van der Waals surface area (Å²) in [6, 6.07) is 1.52. The van der Waals surface area contributed by atoms with Crippen molar-refractivity contribution in [3.63, 3.8) is 0 Å². The zero-order valence-electron chi connectivity index (χ0n) is 10.5. The third kappa shape index (κ3) is 3.42. The quantitative estimate of drug-likeness (QED) is 0.815. The molecule has 1 aromatic rings. The first-order chi connectivity index (χ1) is 9.08. The molecule has 0 aliphatic carbocycles. The molecule has 6 heteroatoms. The fourth-order valence-electron chi connectivity index (χ4n) is 1.88. The predicted octanol–water partition coefficient (Wildman–Crippen LogP) is 1.29. The Labute approximate surface area is 114 Å². The first kappa shape index (κ1) is 13.8. The maximum Gasteiger partial charge on any atom is 0.311 e. The zero-order valence-corrected chi connectivity index (χ0v) is 11.3. The number of nitrogens with one attached hydrogen (secondary N) is 1. The van der Waals surface area contributed by atoms with Crippen LogP contribution >= 0.6 is 11.3 Å². The van der Waals surface area contributed by atoms with E-state index in [1.165, 1.54) is 6.08 Å². The Hall–Kier alpha value is -1.66. The Balaban J connectivity index is 1.93. The molecule has 0 spiro atoms. The second-order valence-electron chi connectivity index (χ2n) is 4.40. The number of amides is 1. The van der Waals surface area contributed by atoms with Gasteiger partial charge in [0.1, 0.15) is 5.92 Å². The Bertz CT molecular complexity index is 508. The van der Waals surface area contributed by atoms with Crippen molar-refractivity contribution in [2.45, 2.75) is 13.0 Å². The zero-order chi connectivity index (χ0) is 13.8. The summed E-state index contributed by atoms with van der Waals surface area (Å²) in [5.41, 5.74) is 1.11. The van der Waals surface area contributed by atoms with E-state index in [0.29, 0.717) is 0 Å². The molecule has 1 amide bonds. The molecule has 2 unspecified atom stereocenters. The number of hydrogen-bond acceptors (Lipinski definition) is 4. The minimum atomic E-state index is -0.944. The van der Waals surface area contributed by atoms with Crippen molar-refractivity contribution in [1.82, 2.24) is 5.32 Å². The lowest BCUT2D eigenvalue weighted by molar-refractivity contribution is -0.142. The van der Waals surface area contributed by atoms with Gasteiger partial charge in [-0.2, -0.15) is 0 Å². The van der Waals surface area contributed by atoms with E-state index in [1.807, 2.05) is 18.4 Å². The molecule has 1 aromatic heterocycles. The summed E-state index contributed by atoms with van der Waals surface area (Å²) in [7, 11) is 0. The van der Waals surface area contributed by atoms with Crippen molar-refractivity contribution >= 4 is 29.3 Å². The van der Waals surface area contributed by atoms with Crippen LogP contribution in [0.3, 0.4) is 0 Å². The first-order valence-electron chi connectivity index (χ1n) is 5.91. The summed E-state index contributed by atoms with van der Waals surface area (Å²) in [6.45, 7) is 2.36. The highest BCUT2D eigenvalue weighted by Crippen LogP contribution is 2.17. The van der Waals surface area contributed by atoms with Gasteiger partial charge >= 0.3 is 5.97 Å². The van der Waals surface area contributed by atoms with Crippen LogP contribution in [0.1, 0.15) is 10.4 Å². The summed E-state index contributed by atoms with van der Waals surface area (Å²) < 4.78 is 5.08. The van der Waals surface area contributed by atoms with Gasteiger partial charge in [-0.15, -0.1) is 11.3 Å². The number of aryl methyl sites for hydroxylation is 1. The smallest absolute Gasteiger partial charge is 0.311 e. The van der Waals surface area contributed by atoms with Crippen molar-refractivity contribution in [2.24, 2.45) is 5.92 Å². The number of carbonyl (C=O) groups excluding carboxylic acids is 1. The number of rotatable bonds is 4. The SMILES string of the molecule is Cc1ccsc1C=CC(=O)NC1COCC1C(=O)O. The molecule has 0 radical (unpaired) electrons. The van der Waals surface area contributed by atoms with Crippen LogP contribution in [-0.2, 0) is 14.3 Å². The van der Waals surface area contributed by atoms with E-state index >= 15 is 0 Å². The normalized spacial score (nSPS) is 22.8. The molecule has 0 aromatic carbocycles. The monoisotopic (exact) mass is 281 g/mol. The van der Waals surface area contributed by atoms with Crippen LogP contribution in [-0.4, -0.2) is 36.2 Å². The lowest BCUT2D eigenvalue weighted by Crippen LogP contribution is -2.41. The molecule has 0 saturated carbocycles. The van der Waals surface area contributed by atoms with Gasteiger partial charge in [-0.25, -0.2) is 0 Å². The van der Waals surface area contributed by atoms with Gasteiger partial charge < -0.3 is 15.2 Å². The number of carboxylic acid groups (broad SMARTS) is 1. The van der Waals surface area contributed by atoms with E-state index in [1.54, 1.807) is 17.4 Å². The van der Waals surface area contributed by atoms with Gasteiger partial charge in [0.15, 0.2) is 0 Å². The highest BCUT2D eigenvalue weighted by molar-refractivity contribution is 7.11. The lowest BCUT2D eigenvalue weighted by Gasteiger charge is -2.13. The lowest BCUT2D eigenvalue weighted by atomic mass is 10.0. The van der Waals surface area contributed by atoms with Gasteiger partial charge in [0, 0.05) is 11.0 Å². The minimum Gasteiger partial charge on any atom is -0.481 e. The molecular weight excluding hydrogens is 266 g/mol. The molecule has 1 aliphatic heterocycles. The van der Waals surface area contributed by atoms with Crippen molar-refractivity contribution in [3.05, 3.63) is 28.0 Å². The molecule has 0 bridgehead atoms. The van der Waals surface area contributed by atoms with E-state index < -0.39 is 17.9 Å². The highest BCUT2D eigenvalue weighted by atomic mass is 32.1. The number of carboxylic acids is 1. The van der Waals surface area contributed by atoms with Crippen molar-refractivity contribution < 1.29 is 19.4 Å². The molecule has 1 saturated heterocycles. The average molecular weight is 281 g/mol. The Morgan fingerprint density at radius 2 is 2.32 bits per heavy atom. The Morgan fingerprint density at radius 3 is 2.95 bits per heavy atom. The fraction of sp³-hybridized carbons (Fsp3) is 0.385. The largest absolute Gasteiger partial charge is 0.481 e. The molecule has 2 atom stereocenters. The van der Waals surface area contributed by atoms with Crippen molar-refractivity contribution in [2.75, 3.05) is 13.2 Å². The van der Waals surface area contributed by atoms with Crippen LogP contribution in [0.2, 0.25) is 0 Å². The molecule has 1 aliphatic rings. The topological polar surface area (TPSA) is 75.6 Å². The molecule has 1 fully saturated rings. The van der Waals surface area contributed by atoms with Crippen LogP contribution in [0.15, 0.2) is 17.5 Å². The van der Waals surface area contributed by atoms with E-state index in [4.69, 9.17) is 9.84 Å². The predicted molar refractivity (Wildman–Crippen MR) is 72.0 cm³/mol. The summed E-state index contributed by atoms with van der Waals surface area (Å²) in [4.78, 5) is 23.7. The average Bonchev–Trinajstić information content (AvgIpc) is 2.95. The Morgan fingerprint density at radius 1 is 1.53 bits per heavy atom. The number of aliphatic carboxylic acids is 1. The second-order valence-corrected chi connectivity index (χ2v) is 5.35. The molecule has 2 N–H and O–H groups in total. The van der Waals surface area contributed by atoms with Gasteiger partial charge in [0.25, 0.3) is 0 Å². The summed E-state index contributed by atoms with van der Waals surface area (Å²) >= 11 is 1.55. The van der Waals surface area contributed by atoms with E-state index in [0.717, 1.165) is 10.4 Å². The summed E-state index contributed by atoms with van der Waals surface area (Å²) in [5, 5.41) is 13.6. The van der Waals surface area contributed by atoms with Crippen molar-refractivity contribution in [1.29, 1.82) is 0 Å². The van der Waals surface area contributed by atoms with Gasteiger partial charge in [-0.05, 0) is 30.0 Å². The van der Waals surface area contributed by atoms with Crippen LogP contribution < -0.4 is 5.32 Å². The standard InChI is InChI=1S/C13H15NO4S/c1-8-4-5-19-11(8)2-3-12(15)14-10-7-18-6-9(10)13(16)17/h2-5,9-10H,6-7H2,1H3,(H,14,15)(H,16,17). The molecule has 5 nitrogen and oxygen atoms in total. The molecule has 102 valence electrons. The third-order valence-electron chi connectivity index (χ3n) is 3.01. The summed E-state index contributed by atoms with van der Waals surface area (Å²) in [5.74, 6) is -1.91. The van der Waals surface area contributed by atoms with Crippen molar-refractivity contribution in [3.8, 4) is 0 Å². The summed E-state index contributed by atoms with van der Waals surface area (Å²) in [6.07, 6.45) is 3.16. The van der Waals surface area contributed by atoms with Crippen LogP contribution in [0.4, 0.5) is 0 Å². The van der Waals surface area contributed by atoms with Crippen LogP contribution in [0.5, 0.6) is 0 Å². The molecule has 2 rings (SSSR count). The maximum atomic E-state index is 11.7. The van der Waals surface area contributed by atoms with Gasteiger partial charge in [0.05, 0.1) is 19.3 Å². The van der Waals surface area contributed by atoms with Crippen LogP contribution in [0, 0.1) is 12.8 Å². The van der Waals surface area contributed by atoms with E-state index in [9.17, 15) is 9.59 Å². The minimum absolute atomic E-state index is 0.147. The highest BCUT2D eigenvalue weighted by Gasteiger charge is 2.34. The van der Waals surface area contributed by atoms with E-state index in [-0.39, 0.29) is 19.1 Å². The molecule has 2 heterocycles. The molecule has 19 heavy (non-hydrogen) atoms. The Kier molecular flexibility index (Phi) is 4.34.